The number of rotatable bonds is 4. The number of aromatic amines is 1. The van der Waals surface area contributed by atoms with Gasteiger partial charge in [0.25, 0.3) is 5.91 Å². The number of nitrogens with zero attached hydrogens (tertiary/aromatic N) is 1. The molecule has 0 radical (unpaired) electrons. The molecule has 0 aromatic carbocycles. The predicted octanol–water partition coefficient (Wildman–Crippen LogP) is 3.80. The monoisotopic (exact) mass is 387 g/mol. The number of fused-ring (bicyclic) bond motifs is 1. The van der Waals surface area contributed by atoms with Gasteiger partial charge in [0, 0.05) is 10.9 Å². The van der Waals surface area contributed by atoms with Crippen LogP contribution in [0.25, 0.3) is 0 Å². The Morgan fingerprint density at radius 1 is 1.35 bits per heavy atom. The zero-order chi connectivity index (χ0) is 18.9. The Hall–Kier alpha value is -2.36. The van der Waals surface area contributed by atoms with Gasteiger partial charge in [-0.25, -0.2) is 4.79 Å². The smallest absolute Gasteiger partial charge is 0.432 e. The summed E-state index contributed by atoms with van der Waals surface area (Å²) in [6.07, 6.45) is -1.21. The minimum atomic E-state index is -4.62. The fraction of sp³-hybridized carbons (Fsp3) is 0.438. The van der Waals surface area contributed by atoms with Gasteiger partial charge in [0.2, 0.25) is 0 Å². The van der Waals surface area contributed by atoms with E-state index < -0.39 is 29.4 Å². The van der Waals surface area contributed by atoms with Gasteiger partial charge in [-0.2, -0.15) is 18.3 Å². The minimum absolute atomic E-state index is 0.186. The van der Waals surface area contributed by atoms with Crippen LogP contribution in [0.15, 0.2) is 6.07 Å². The van der Waals surface area contributed by atoms with Crippen molar-refractivity contribution < 1.29 is 27.5 Å². The van der Waals surface area contributed by atoms with E-state index in [0.717, 1.165) is 29.7 Å². The molecule has 0 unspecified atom stereocenters. The first-order valence-electron chi connectivity index (χ1n) is 8.07. The van der Waals surface area contributed by atoms with Crippen molar-refractivity contribution >= 4 is 28.2 Å². The second-order valence-electron chi connectivity index (χ2n) is 5.75. The molecule has 2 aromatic heterocycles. The fourth-order valence-corrected chi connectivity index (χ4v) is 4.10. The number of anilines is 1. The molecular weight excluding hydrogens is 371 g/mol. The molecule has 0 bridgehead atoms. The molecule has 26 heavy (non-hydrogen) atoms. The van der Waals surface area contributed by atoms with E-state index >= 15 is 0 Å². The van der Waals surface area contributed by atoms with Crippen LogP contribution >= 0.6 is 11.3 Å². The van der Waals surface area contributed by atoms with Crippen LogP contribution in [0, 0.1) is 0 Å². The van der Waals surface area contributed by atoms with Crippen LogP contribution in [0.2, 0.25) is 0 Å². The van der Waals surface area contributed by atoms with Gasteiger partial charge in [-0.05, 0) is 38.2 Å². The van der Waals surface area contributed by atoms with E-state index in [4.69, 9.17) is 4.74 Å². The fourth-order valence-electron chi connectivity index (χ4n) is 2.82. The number of halogens is 3. The van der Waals surface area contributed by atoms with Gasteiger partial charge in [-0.3, -0.25) is 9.89 Å². The molecule has 1 amide bonds. The van der Waals surface area contributed by atoms with Crippen molar-refractivity contribution in [2.24, 2.45) is 0 Å². The summed E-state index contributed by atoms with van der Waals surface area (Å²) in [6.45, 7) is 1.86. The summed E-state index contributed by atoms with van der Waals surface area (Å²) >= 11 is 1.26. The lowest BCUT2D eigenvalue weighted by atomic mass is 9.95. The van der Waals surface area contributed by atoms with Crippen molar-refractivity contribution in [1.29, 1.82) is 0 Å². The molecule has 0 aliphatic heterocycles. The highest BCUT2D eigenvalue weighted by Gasteiger charge is 2.34. The second-order valence-corrected chi connectivity index (χ2v) is 6.86. The first-order chi connectivity index (χ1) is 12.3. The van der Waals surface area contributed by atoms with Crippen molar-refractivity contribution in [3.8, 4) is 0 Å². The zero-order valence-electron chi connectivity index (χ0n) is 13.8. The van der Waals surface area contributed by atoms with Crippen molar-refractivity contribution in [3.63, 3.8) is 0 Å². The molecule has 6 nitrogen and oxygen atoms in total. The van der Waals surface area contributed by atoms with Crippen LogP contribution in [0.3, 0.4) is 0 Å². The maximum atomic E-state index is 12.6. The largest absolute Gasteiger partial charge is 0.462 e. The molecule has 10 heteroatoms. The Kier molecular flexibility index (Phi) is 5.03. The van der Waals surface area contributed by atoms with E-state index in [-0.39, 0.29) is 11.6 Å². The maximum absolute atomic E-state index is 12.6. The SMILES string of the molecule is CCOC(=O)c1c(NC(=O)c2cc(C(F)(F)F)[nH]n2)sc2c1CCCC2. The van der Waals surface area contributed by atoms with Gasteiger partial charge in [-0.1, -0.05) is 0 Å². The molecular formula is C16H16F3N3O3S. The van der Waals surface area contributed by atoms with Gasteiger partial charge in [0.15, 0.2) is 5.69 Å². The van der Waals surface area contributed by atoms with E-state index in [0.29, 0.717) is 18.1 Å². The predicted molar refractivity (Wildman–Crippen MR) is 88.5 cm³/mol. The third-order valence-electron chi connectivity index (χ3n) is 3.99. The van der Waals surface area contributed by atoms with Crippen molar-refractivity contribution in [3.05, 3.63) is 33.5 Å². The third-order valence-corrected chi connectivity index (χ3v) is 5.20. The van der Waals surface area contributed by atoms with Gasteiger partial charge in [-0.15, -0.1) is 11.3 Å². The number of H-pyrrole nitrogens is 1. The van der Waals surface area contributed by atoms with E-state index in [9.17, 15) is 22.8 Å². The van der Waals surface area contributed by atoms with Crippen LogP contribution in [0.4, 0.5) is 18.2 Å². The zero-order valence-corrected chi connectivity index (χ0v) is 14.6. The standard InChI is InChI=1S/C16H16F3N3O3S/c1-2-25-15(24)12-8-5-3-4-6-10(8)26-14(12)20-13(23)9-7-11(22-21-9)16(17,18)19/h7H,2-6H2,1H3,(H,20,23)(H,21,22). The Morgan fingerprint density at radius 3 is 2.73 bits per heavy atom. The van der Waals surface area contributed by atoms with E-state index in [1.54, 1.807) is 12.0 Å². The Bertz CT molecular complexity index is 842. The number of thiophene rings is 1. The number of carbonyl (C=O) groups excluding carboxylic acids is 2. The number of hydrogen-bond donors (Lipinski definition) is 2. The highest BCUT2D eigenvalue weighted by molar-refractivity contribution is 7.17. The average Bonchev–Trinajstić information content (AvgIpc) is 3.19. The summed E-state index contributed by atoms with van der Waals surface area (Å²) in [5.74, 6) is -1.36. The third kappa shape index (κ3) is 3.59. The molecule has 1 aliphatic rings. The van der Waals surface area contributed by atoms with Gasteiger partial charge in [0.1, 0.15) is 10.7 Å². The number of alkyl halides is 3. The molecule has 0 saturated heterocycles. The van der Waals surface area contributed by atoms with Crippen LogP contribution < -0.4 is 5.32 Å². The molecule has 140 valence electrons. The Balaban J connectivity index is 1.89. The lowest BCUT2D eigenvalue weighted by Crippen LogP contribution is -2.16. The van der Waals surface area contributed by atoms with Crippen LogP contribution in [-0.4, -0.2) is 28.7 Å². The summed E-state index contributed by atoms with van der Waals surface area (Å²) in [6, 6.07) is 0.632. The first-order valence-corrected chi connectivity index (χ1v) is 8.88. The Labute approximate surface area is 150 Å². The van der Waals surface area contributed by atoms with Crippen LogP contribution in [0.5, 0.6) is 0 Å². The maximum Gasteiger partial charge on any atom is 0.432 e. The molecule has 0 fully saturated rings. The number of nitrogens with one attached hydrogen (secondary N) is 2. The normalized spacial score (nSPS) is 14.0. The molecule has 1 aliphatic carbocycles. The molecule has 0 spiro atoms. The number of aryl methyl sites for hydroxylation is 1. The summed E-state index contributed by atoms with van der Waals surface area (Å²) in [5.41, 5.74) is -0.364. The average molecular weight is 387 g/mol. The Morgan fingerprint density at radius 2 is 2.08 bits per heavy atom. The van der Waals surface area contributed by atoms with E-state index in [1.807, 2.05) is 0 Å². The lowest BCUT2D eigenvalue weighted by molar-refractivity contribution is -0.141. The molecule has 0 atom stereocenters. The van der Waals surface area contributed by atoms with Gasteiger partial charge in [0.05, 0.1) is 12.2 Å². The topological polar surface area (TPSA) is 84.1 Å². The van der Waals surface area contributed by atoms with Gasteiger partial charge < -0.3 is 10.1 Å². The summed E-state index contributed by atoms with van der Waals surface area (Å²) < 4.78 is 43.0. The minimum Gasteiger partial charge on any atom is -0.462 e. The molecule has 0 saturated carbocycles. The van der Waals surface area contributed by atoms with Crippen molar-refractivity contribution in [1.82, 2.24) is 10.2 Å². The highest BCUT2D eigenvalue weighted by atomic mass is 32.1. The molecule has 2 N–H and O–H groups in total. The molecule has 3 rings (SSSR count). The number of aromatic nitrogens is 2. The highest BCUT2D eigenvalue weighted by Crippen LogP contribution is 2.39. The molecule has 2 heterocycles. The van der Waals surface area contributed by atoms with Crippen LogP contribution in [0.1, 0.15) is 56.7 Å². The quantitative estimate of drug-likeness (QED) is 0.782. The van der Waals surface area contributed by atoms with Crippen molar-refractivity contribution in [2.45, 2.75) is 38.8 Å². The number of hydrogen-bond acceptors (Lipinski definition) is 5. The van der Waals surface area contributed by atoms with E-state index in [2.05, 4.69) is 10.4 Å². The second kappa shape index (κ2) is 7.10. The number of carbonyl (C=O) groups is 2. The summed E-state index contributed by atoms with van der Waals surface area (Å²) in [5, 5.41) is 8.00. The summed E-state index contributed by atoms with van der Waals surface area (Å²) in [7, 11) is 0. The number of amides is 1. The van der Waals surface area contributed by atoms with Crippen LogP contribution in [-0.2, 0) is 23.8 Å². The number of ether oxygens (including phenoxy) is 1. The number of esters is 1. The van der Waals surface area contributed by atoms with E-state index in [1.165, 1.54) is 11.3 Å². The summed E-state index contributed by atoms with van der Waals surface area (Å²) in [4.78, 5) is 25.6. The van der Waals surface area contributed by atoms with Crippen molar-refractivity contribution in [2.75, 3.05) is 11.9 Å². The first kappa shape index (κ1) is 18.4. The van der Waals surface area contributed by atoms with Gasteiger partial charge >= 0.3 is 12.1 Å². The lowest BCUT2D eigenvalue weighted by Gasteiger charge is -2.12. The molecule has 2 aromatic rings.